The summed E-state index contributed by atoms with van der Waals surface area (Å²) in [5.41, 5.74) is 2.00. The van der Waals surface area contributed by atoms with Gasteiger partial charge in [0.1, 0.15) is 0 Å². The van der Waals surface area contributed by atoms with Crippen LogP contribution in [0.1, 0.15) is 11.3 Å². The summed E-state index contributed by atoms with van der Waals surface area (Å²) >= 11 is 9.13. The van der Waals surface area contributed by atoms with Crippen molar-refractivity contribution in [3.63, 3.8) is 0 Å². The Morgan fingerprint density at radius 3 is 2.74 bits per heavy atom. The number of hydrogen-bond acceptors (Lipinski definition) is 2. The van der Waals surface area contributed by atoms with Gasteiger partial charge in [0.2, 0.25) is 0 Å². The zero-order valence-electron chi connectivity index (χ0n) is 10.4. The monoisotopic (exact) mass is 341 g/mol. The Hall–Kier alpha value is -1.33. The average molecular weight is 343 g/mol. The van der Waals surface area contributed by atoms with Crippen molar-refractivity contribution in [2.75, 3.05) is 11.9 Å². The van der Waals surface area contributed by atoms with Crippen LogP contribution >= 0.6 is 27.5 Å². The van der Waals surface area contributed by atoms with E-state index in [0.717, 1.165) is 16.7 Å². The number of halogens is 2. The first-order chi connectivity index (χ1) is 9.13. The van der Waals surface area contributed by atoms with Gasteiger partial charge in [-0.3, -0.25) is 14.9 Å². The van der Waals surface area contributed by atoms with Gasteiger partial charge in [-0.15, -0.1) is 0 Å². The molecule has 19 heavy (non-hydrogen) atoms. The Morgan fingerprint density at radius 2 is 2.11 bits per heavy atom. The number of hydrogen-bond donors (Lipinski definition) is 1. The highest BCUT2D eigenvalue weighted by Crippen LogP contribution is 2.12. The van der Waals surface area contributed by atoms with E-state index in [1.807, 2.05) is 6.92 Å². The van der Waals surface area contributed by atoms with Crippen LogP contribution in [0.3, 0.4) is 0 Å². The summed E-state index contributed by atoms with van der Waals surface area (Å²) in [6.45, 7) is 2.49. The molecule has 1 aromatic heterocycles. The maximum absolute atomic E-state index is 12.3. The molecule has 0 aliphatic carbocycles. The van der Waals surface area contributed by atoms with Gasteiger partial charge in [0, 0.05) is 28.8 Å². The van der Waals surface area contributed by atoms with E-state index in [4.69, 9.17) is 11.6 Å². The Kier molecular flexibility index (Phi) is 4.61. The highest BCUT2D eigenvalue weighted by molar-refractivity contribution is 9.09. The Balaban J connectivity index is 2.41. The molecule has 0 spiro atoms. The maximum atomic E-state index is 12.3. The number of aromatic nitrogens is 2. The van der Waals surface area contributed by atoms with Crippen molar-refractivity contribution in [2.45, 2.75) is 6.92 Å². The predicted octanol–water partition coefficient (Wildman–Crippen LogP) is 2.94. The first kappa shape index (κ1) is 14.1. The summed E-state index contributed by atoms with van der Waals surface area (Å²) < 4.78 is 1.49. The van der Waals surface area contributed by atoms with Crippen molar-refractivity contribution in [3.8, 4) is 5.69 Å². The molecule has 0 aliphatic rings. The number of nitrogens with one attached hydrogen (secondary N) is 1. The smallest absolute Gasteiger partial charge is 0.280 e. The SMILES string of the molecule is Cc1[nH]n(-c2ccc(Cl)cc2)c(=O)c1C=NCCBr. The van der Waals surface area contributed by atoms with Crippen LogP contribution in [0.5, 0.6) is 0 Å². The summed E-state index contributed by atoms with van der Waals surface area (Å²) in [5.74, 6) is 0. The maximum Gasteiger partial charge on any atom is 0.280 e. The Labute approximate surface area is 124 Å². The summed E-state index contributed by atoms with van der Waals surface area (Å²) in [4.78, 5) is 16.4. The molecule has 0 amide bonds. The van der Waals surface area contributed by atoms with E-state index < -0.39 is 0 Å². The molecule has 0 bridgehead atoms. The second-order valence-corrected chi connectivity index (χ2v) is 5.22. The first-order valence-electron chi connectivity index (χ1n) is 5.77. The Bertz CT molecular complexity index is 643. The van der Waals surface area contributed by atoms with Crippen LogP contribution in [-0.4, -0.2) is 27.9 Å². The zero-order chi connectivity index (χ0) is 13.8. The lowest BCUT2D eigenvalue weighted by Crippen LogP contribution is -2.17. The van der Waals surface area contributed by atoms with Crippen molar-refractivity contribution in [1.29, 1.82) is 0 Å². The molecule has 0 saturated heterocycles. The van der Waals surface area contributed by atoms with Gasteiger partial charge in [0.25, 0.3) is 5.56 Å². The predicted molar refractivity (Wildman–Crippen MR) is 82.4 cm³/mol. The van der Waals surface area contributed by atoms with E-state index >= 15 is 0 Å². The normalized spacial score (nSPS) is 11.3. The van der Waals surface area contributed by atoms with E-state index in [2.05, 4.69) is 26.0 Å². The summed E-state index contributed by atoms with van der Waals surface area (Å²) in [6.07, 6.45) is 1.61. The highest BCUT2D eigenvalue weighted by atomic mass is 79.9. The average Bonchev–Trinajstić information content (AvgIpc) is 2.68. The lowest BCUT2D eigenvalue weighted by atomic mass is 10.3. The van der Waals surface area contributed by atoms with Gasteiger partial charge in [-0.1, -0.05) is 27.5 Å². The number of aromatic amines is 1. The number of H-pyrrole nitrogens is 1. The van der Waals surface area contributed by atoms with Crippen molar-refractivity contribution in [1.82, 2.24) is 9.78 Å². The standard InChI is InChI=1S/C13H13BrClN3O/c1-9-12(8-16-7-6-14)13(19)18(17-9)11-4-2-10(15)3-5-11/h2-5,8,17H,6-7H2,1H3. The quantitative estimate of drug-likeness (QED) is 0.674. The molecule has 0 fully saturated rings. The minimum absolute atomic E-state index is 0.113. The number of alkyl halides is 1. The third kappa shape index (κ3) is 3.16. The molecule has 0 aliphatic heterocycles. The van der Waals surface area contributed by atoms with Gasteiger partial charge in [-0.05, 0) is 31.2 Å². The molecule has 0 saturated carbocycles. The number of benzene rings is 1. The van der Waals surface area contributed by atoms with E-state index in [9.17, 15) is 4.79 Å². The van der Waals surface area contributed by atoms with Gasteiger partial charge in [-0.25, -0.2) is 4.68 Å². The molecule has 1 heterocycles. The van der Waals surface area contributed by atoms with Crippen molar-refractivity contribution in [2.24, 2.45) is 4.99 Å². The van der Waals surface area contributed by atoms with Crippen LogP contribution in [0.15, 0.2) is 34.1 Å². The molecule has 100 valence electrons. The molecule has 2 aromatic rings. The summed E-state index contributed by atoms with van der Waals surface area (Å²) in [6, 6.07) is 7.08. The number of nitrogens with zero attached hydrogens (tertiary/aromatic N) is 2. The molecule has 0 radical (unpaired) electrons. The Morgan fingerprint density at radius 1 is 1.42 bits per heavy atom. The molecule has 0 atom stereocenters. The molecule has 0 unspecified atom stereocenters. The molecule has 1 N–H and O–H groups in total. The van der Waals surface area contributed by atoms with Crippen LogP contribution in [0.4, 0.5) is 0 Å². The zero-order valence-corrected chi connectivity index (χ0v) is 12.7. The third-order valence-corrected chi connectivity index (χ3v) is 3.24. The summed E-state index contributed by atoms with van der Waals surface area (Å²) in [7, 11) is 0. The lowest BCUT2D eigenvalue weighted by Gasteiger charge is -2.00. The van der Waals surface area contributed by atoms with Crippen LogP contribution < -0.4 is 5.56 Å². The molecular weight excluding hydrogens is 330 g/mol. The number of aliphatic imine (C=N–C) groups is 1. The van der Waals surface area contributed by atoms with Gasteiger partial charge in [0.15, 0.2) is 0 Å². The second-order valence-electron chi connectivity index (χ2n) is 3.99. The van der Waals surface area contributed by atoms with Gasteiger partial charge >= 0.3 is 0 Å². The summed E-state index contributed by atoms with van der Waals surface area (Å²) in [5, 5.41) is 4.45. The van der Waals surface area contributed by atoms with Crippen molar-refractivity contribution < 1.29 is 0 Å². The van der Waals surface area contributed by atoms with Crippen molar-refractivity contribution >= 4 is 33.7 Å². The fourth-order valence-electron chi connectivity index (χ4n) is 1.69. The molecule has 1 aromatic carbocycles. The molecule has 4 nitrogen and oxygen atoms in total. The van der Waals surface area contributed by atoms with Gasteiger partial charge in [-0.2, -0.15) is 0 Å². The number of aryl methyl sites for hydroxylation is 1. The molecular formula is C13H13BrClN3O. The molecule has 6 heteroatoms. The minimum Gasteiger partial charge on any atom is -0.295 e. The second kappa shape index (κ2) is 6.21. The fourth-order valence-corrected chi connectivity index (χ4v) is 2.02. The lowest BCUT2D eigenvalue weighted by molar-refractivity contribution is 0.835. The van der Waals surface area contributed by atoms with Crippen LogP contribution in [0.25, 0.3) is 5.69 Å². The van der Waals surface area contributed by atoms with Crippen LogP contribution in [0.2, 0.25) is 5.02 Å². The van der Waals surface area contributed by atoms with Gasteiger partial charge < -0.3 is 0 Å². The third-order valence-electron chi connectivity index (χ3n) is 2.64. The van der Waals surface area contributed by atoms with E-state index in [-0.39, 0.29) is 5.56 Å². The van der Waals surface area contributed by atoms with Crippen LogP contribution in [0, 0.1) is 6.92 Å². The van der Waals surface area contributed by atoms with E-state index in [1.54, 1.807) is 30.5 Å². The highest BCUT2D eigenvalue weighted by Gasteiger charge is 2.10. The van der Waals surface area contributed by atoms with Crippen molar-refractivity contribution in [3.05, 3.63) is 50.9 Å². The van der Waals surface area contributed by atoms with Crippen LogP contribution in [-0.2, 0) is 0 Å². The number of rotatable bonds is 4. The minimum atomic E-state index is -0.113. The molecule has 2 rings (SSSR count). The first-order valence-corrected chi connectivity index (χ1v) is 7.27. The fraction of sp³-hybridized carbons (Fsp3) is 0.231. The van der Waals surface area contributed by atoms with E-state index in [0.29, 0.717) is 17.1 Å². The topological polar surface area (TPSA) is 50.1 Å². The van der Waals surface area contributed by atoms with Gasteiger partial charge in [0.05, 0.1) is 11.3 Å². The largest absolute Gasteiger partial charge is 0.295 e. The van der Waals surface area contributed by atoms with E-state index in [1.165, 1.54) is 4.68 Å².